The van der Waals surface area contributed by atoms with E-state index in [1.807, 2.05) is 30.5 Å². The van der Waals surface area contributed by atoms with Crippen molar-refractivity contribution < 1.29 is 4.79 Å². The van der Waals surface area contributed by atoms with Crippen LogP contribution in [0.2, 0.25) is 10.2 Å². The van der Waals surface area contributed by atoms with Gasteiger partial charge in [0, 0.05) is 16.8 Å². The number of pyridine rings is 1. The van der Waals surface area contributed by atoms with E-state index in [-0.39, 0.29) is 16.1 Å². The Balaban J connectivity index is 2.18. The van der Waals surface area contributed by atoms with Gasteiger partial charge in [0.2, 0.25) is 0 Å². The van der Waals surface area contributed by atoms with Crippen molar-refractivity contribution in [3.63, 3.8) is 0 Å². The van der Waals surface area contributed by atoms with Crippen molar-refractivity contribution in [2.45, 2.75) is 4.90 Å². The first-order valence-electron chi connectivity index (χ1n) is 5.36. The van der Waals surface area contributed by atoms with Gasteiger partial charge in [-0.3, -0.25) is 4.79 Å². The number of aromatic nitrogens is 1. The fourth-order valence-electron chi connectivity index (χ4n) is 1.46. The van der Waals surface area contributed by atoms with Gasteiger partial charge < -0.3 is 5.32 Å². The van der Waals surface area contributed by atoms with Crippen LogP contribution in [0.4, 0.5) is 5.69 Å². The van der Waals surface area contributed by atoms with E-state index in [4.69, 9.17) is 23.2 Å². The minimum Gasteiger partial charge on any atom is -0.322 e. The molecule has 1 heterocycles. The molecule has 2 rings (SSSR count). The number of hydrogen-bond acceptors (Lipinski definition) is 3. The second-order valence-electron chi connectivity index (χ2n) is 3.67. The molecule has 0 spiro atoms. The van der Waals surface area contributed by atoms with Crippen LogP contribution in [0.1, 0.15) is 10.4 Å². The monoisotopic (exact) mass is 312 g/mol. The lowest BCUT2D eigenvalue weighted by Crippen LogP contribution is -2.12. The topological polar surface area (TPSA) is 42.0 Å². The van der Waals surface area contributed by atoms with Crippen LogP contribution in [-0.2, 0) is 0 Å². The number of benzene rings is 1. The van der Waals surface area contributed by atoms with Crippen LogP contribution in [0.5, 0.6) is 0 Å². The van der Waals surface area contributed by atoms with Gasteiger partial charge >= 0.3 is 0 Å². The standard InChI is InChI=1S/C13H10Cl2N2OS/c1-19-9-4-2-8(3-5-9)17-13(18)10-6-12(15)16-7-11(10)14/h2-7H,1H3,(H,17,18). The highest BCUT2D eigenvalue weighted by molar-refractivity contribution is 7.98. The number of nitrogens with one attached hydrogen (secondary N) is 1. The lowest BCUT2D eigenvalue weighted by atomic mass is 10.2. The zero-order valence-corrected chi connectivity index (χ0v) is 12.3. The first kappa shape index (κ1) is 14.2. The Hall–Kier alpha value is -1.23. The molecule has 3 nitrogen and oxygen atoms in total. The first-order valence-corrected chi connectivity index (χ1v) is 7.34. The van der Waals surface area contributed by atoms with Crippen molar-refractivity contribution in [3.8, 4) is 0 Å². The summed E-state index contributed by atoms with van der Waals surface area (Å²) in [4.78, 5) is 17.0. The van der Waals surface area contributed by atoms with Crippen molar-refractivity contribution in [1.29, 1.82) is 0 Å². The molecular weight excluding hydrogens is 303 g/mol. The van der Waals surface area contributed by atoms with E-state index < -0.39 is 0 Å². The highest BCUT2D eigenvalue weighted by Crippen LogP contribution is 2.21. The molecular formula is C13H10Cl2N2OS. The average molecular weight is 313 g/mol. The van der Waals surface area contributed by atoms with Crippen LogP contribution in [0.15, 0.2) is 41.4 Å². The van der Waals surface area contributed by atoms with Gasteiger partial charge in [0.25, 0.3) is 5.91 Å². The maximum absolute atomic E-state index is 12.1. The van der Waals surface area contributed by atoms with Crippen LogP contribution in [0.3, 0.4) is 0 Å². The third-order valence-corrected chi connectivity index (χ3v) is 3.67. The van der Waals surface area contributed by atoms with E-state index in [1.54, 1.807) is 11.8 Å². The zero-order chi connectivity index (χ0) is 13.8. The Bertz CT molecular complexity index is 602. The highest BCUT2D eigenvalue weighted by Gasteiger charge is 2.11. The number of rotatable bonds is 3. The molecule has 1 aromatic carbocycles. The van der Waals surface area contributed by atoms with Gasteiger partial charge in [-0.25, -0.2) is 4.98 Å². The van der Waals surface area contributed by atoms with Crippen molar-refractivity contribution in [2.75, 3.05) is 11.6 Å². The number of carbonyl (C=O) groups excluding carboxylic acids is 1. The average Bonchev–Trinajstić information content (AvgIpc) is 2.42. The van der Waals surface area contributed by atoms with Gasteiger partial charge in [0.05, 0.1) is 10.6 Å². The van der Waals surface area contributed by atoms with Gasteiger partial charge in [0.15, 0.2) is 0 Å². The summed E-state index contributed by atoms with van der Waals surface area (Å²) >= 11 is 13.3. The predicted octanol–water partition coefficient (Wildman–Crippen LogP) is 4.36. The number of thioether (sulfide) groups is 1. The van der Waals surface area contributed by atoms with Crippen LogP contribution < -0.4 is 5.32 Å². The van der Waals surface area contributed by atoms with Crippen molar-refractivity contribution in [1.82, 2.24) is 4.98 Å². The Morgan fingerprint density at radius 1 is 1.26 bits per heavy atom. The molecule has 0 unspecified atom stereocenters. The van der Waals surface area contributed by atoms with Gasteiger partial charge in [-0.05, 0) is 36.6 Å². The summed E-state index contributed by atoms with van der Waals surface area (Å²) in [6.07, 6.45) is 3.35. The number of carbonyl (C=O) groups is 1. The molecule has 0 atom stereocenters. The normalized spacial score (nSPS) is 10.3. The maximum Gasteiger partial charge on any atom is 0.257 e. The van der Waals surface area contributed by atoms with Gasteiger partial charge in [-0.2, -0.15) is 0 Å². The molecule has 1 amide bonds. The molecule has 0 aliphatic heterocycles. The Morgan fingerprint density at radius 3 is 2.58 bits per heavy atom. The van der Waals surface area contributed by atoms with Crippen molar-refractivity contribution in [2.24, 2.45) is 0 Å². The summed E-state index contributed by atoms with van der Waals surface area (Å²) in [5.41, 5.74) is 1.00. The Labute approximate surface area is 125 Å². The maximum atomic E-state index is 12.1. The third kappa shape index (κ3) is 3.62. The summed E-state index contributed by atoms with van der Waals surface area (Å²) in [5, 5.41) is 3.25. The van der Waals surface area contributed by atoms with Crippen molar-refractivity contribution in [3.05, 3.63) is 52.3 Å². The van der Waals surface area contributed by atoms with Gasteiger partial charge in [0.1, 0.15) is 5.15 Å². The number of halogens is 2. The number of amides is 1. The van der Waals surface area contributed by atoms with E-state index in [0.29, 0.717) is 11.3 Å². The molecule has 0 fully saturated rings. The van der Waals surface area contributed by atoms with E-state index in [0.717, 1.165) is 4.90 Å². The lowest BCUT2D eigenvalue weighted by molar-refractivity contribution is 0.102. The Kier molecular flexibility index (Phi) is 4.69. The fourth-order valence-corrected chi connectivity index (χ4v) is 2.22. The molecule has 1 N–H and O–H groups in total. The molecule has 19 heavy (non-hydrogen) atoms. The molecule has 0 saturated carbocycles. The molecule has 0 aliphatic rings. The largest absolute Gasteiger partial charge is 0.322 e. The second-order valence-corrected chi connectivity index (χ2v) is 5.34. The highest BCUT2D eigenvalue weighted by atomic mass is 35.5. The number of anilines is 1. The predicted molar refractivity (Wildman–Crippen MR) is 80.4 cm³/mol. The third-order valence-electron chi connectivity index (χ3n) is 2.41. The second kappa shape index (κ2) is 6.28. The molecule has 98 valence electrons. The first-order chi connectivity index (χ1) is 9.10. The van der Waals surface area contributed by atoms with Crippen LogP contribution in [0, 0.1) is 0 Å². The van der Waals surface area contributed by atoms with Crippen LogP contribution >= 0.6 is 35.0 Å². The smallest absolute Gasteiger partial charge is 0.257 e. The molecule has 6 heteroatoms. The summed E-state index contributed by atoms with van der Waals surface area (Å²) in [5.74, 6) is -0.314. The van der Waals surface area contributed by atoms with Gasteiger partial charge in [-0.15, -0.1) is 11.8 Å². The summed E-state index contributed by atoms with van der Waals surface area (Å²) in [6, 6.07) is 8.97. The minimum atomic E-state index is -0.314. The summed E-state index contributed by atoms with van der Waals surface area (Å²) < 4.78 is 0. The molecule has 2 aromatic rings. The summed E-state index contributed by atoms with van der Waals surface area (Å²) in [7, 11) is 0. The van der Waals surface area contributed by atoms with E-state index >= 15 is 0 Å². The molecule has 0 radical (unpaired) electrons. The quantitative estimate of drug-likeness (QED) is 0.676. The lowest BCUT2D eigenvalue weighted by Gasteiger charge is -2.07. The van der Waals surface area contributed by atoms with E-state index in [2.05, 4.69) is 10.3 Å². The van der Waals surface area contributed by atoms with Crippen LogP contribution in [0.25, 0.3) is 0 Å². The van der Waals surface area contributed by atoms with Crippen LogP contribution in [-0.4, -0.2) is 17.1 Å². The molecule has 0 bridgehead atoms. The fraction of sp³-hybridized carbons (Fsp3) is 0.0769. The number of hydrogen-bond donors (Lipinski definition) is 1. The molecule has 0 aliphatic carbocycles. The van der Waals surface area contributed by atoms with E-state index in [9.17, 15) is 4.79 Å². The summed E-state index contributed by atoms with van der Waals surface area (Å²) in [6.45, 7) is 0. The molecule has 0 saturated heterocycles. The van der Waals surface area contributed by atoms with E-state index in [1.165, 1.54) is 12.3 Å². The Morgan fingerprint density at radius 2 is 1.95 bits per heavy atom. The zero-order valence-electron chi connectivity index (χ0n) is 9.98. The van der Waals surface area contributed by atoms with Crippen molar-refractivity contribution >= 4 is 46.6 Å². The minimum absolute atomic E-state index is 0.229. The number of nitrogens with zero attached hydrogens (tertiary/aromatic N) is 1. The molecule has 1 aromatic heterocycles. The SMILES string of the molecule is CSc1ccc(NC(=O)c2cc(Cl)ncc2Cl)cc1. The van der Waals surface area contributed by atoms with Gasteiger partial charge in [-0.1, -0.05) is 23.2 Å².